The minimum atomic E-state index is -3.30. The molecule has 0 unspecified atom stereocenters. The molecule has 0 radical (unpaired) electrons. The van der Waals surface area contributed by atoms with E-state index in [0.717, 1.165) is 24.0 Å². The summed E-state index contributed by atoms with van der Waals surface area (Å²) in [6.07, 6.45) is 2.14. The minimum Gasteiger partial charge on any atom is -0.334 e. The Morgan fingerprint density at radius 1 is 1.18 bits per heavy atom. The molecule has 1 aliphatic rings. The number of nitrogens with zero attached hydrogens (tertiary/aromatic N) is 1. The third-order valence-electron chi connectivity index (χ3n) is 4.58. The number of carbonyl (C=O) groups excluding carboxylic acids is 1. The number of urea groups is 1. The first-order chi connectivity index (χ1) is 13.4. The highest BCUT2D eigenvalue weighted by atomic mass is 35.5. The van der Waals surface area contributed by atoms with E-state index in [9.17, 15) is 13.2 Å². The smallest absolute Gasteiger partial charge is 0.319 e. The predicted molar refractivity (Wildman–Crippen MR) is 113 cm³/mol. The highest BCUT2D eigenvalue weighted by Crippen LogP contribution is 2.32. The molecule has 0 saturated heterocycles. The molecular weight excluding hydrogens is 398 g/mol. The Hall–Kier alpha value is -2.25. The summed E-state index contributed by atoms with van der Waals surface area (Å²) in [6, 6.07) is 12.3. The molecular formula is C20H24ClN3O3S. The Balaban J connectivity index is 1.66. The number of hydrogen-bond acceptors (Lipinski definition) is 3. The summed E-state index contributed by atoms with van der Waals surface area (Å²) in [5.74, 6) is 0.138. The molecule has 150 valence electrons. The molecule has 2 aromatic carbocycles. The van der Waals surface area contributed by atoms with Crippen molar-refractivity contribution in [1.82, 2.24) is 5.32 Å². The van der Waals surface area contributed by atoms with E-state index < -0.39 is 10.0 Å². The van der Waals surface area contributed by atoms with E-state index in [1.54, 1.807) is 24.3 Å². The molecule has 2 aromatic rings. The van der Waals surface area contributed by atoms with Gasteiger partial charge in [-0.2, -0.15) is 0 Å². The number of anilines is 2. The van der Waals surface area contributed by atoms with Gasteiger partial charge in [-0.15, -0.1) is 0 Å². The van der Waals surface area contributed by atoms with E-state index >= 15 is 0 Å². The quantitative estimate of drug-likeness (QED) is 0.735. The molecule has 0 aliphatic carbocycles. The van der Waals surface area contributed by atoms with Crippen molar-refractivity contribution in [2.75, 3.05) is 21.9 Å². The van der Waals surface area contributed by atoms with Crippen molar-refractivity contribution in [3.63, 3.8) is 0 Å². The number of amides is 2. The van der Waals surface area contributed by atoms with Crippen LogP contribution in [-0.4, -0.2) is 26.7 Å². The van der Waals surface area contributed by atoms with Crippen LogP contribution in [-0.2, 0) is 23.0 Å². The number of aryl methyl sites for hydroxylation is 1. The summed E-state index contributed by atoms with van der Waals surface area (Å²) >= 11 is 5.85. The molecule has 0 bridgehead atoms. The fourth-order valence-electron chi connectivity index (χ4n) is 3.26. The van der Waals surface area contributed by atoms with Gasteiger partial charge in [0.1, 0.15) is 0 Å². The number of benzene rings is 2. The average Bonchev–Trinajstić information content (AvgIpc) is 2.67. The van der Waals surface area contributed by atoms with Crippen molar-refractivity contribution < 1.29 is 13.2 Å². The molecule has 2 amide bonds. The summed E-state index contributed by atoms with van der Waals surface area (Å²) in [5, 5.41) is 6.26. The molecule has 1 heterocycles. The van der Waals surface area contributed by atoms with Crippen LogP contribution >= 0.6 is 11.6 Å². The van der Waals surface area contributed by atoms with Crippen LogP contribution in [0, 0.1) is 0 Å². The van der Waals surface area contributed by atoms with Gasteiger partial charge in [0.25, 0.3) is 0 Å². The number of halogens is 1. The standard InChI is InChI=1S/C20H24ClN3O3S/c1-2-12-28(26,27)24-11-3-4-16-13-18(9-10-19(16)24)23-20(25)22-14-15-5-7-17(21)8-6-15/h5-10,13H,2-4,11-12,14H2,1H3,(H2,22,23,25). The minimum absolute atomic E-state index is 0.138. The second kappa shape index (κ2) is 8.84. The first kappa shape index (κ1) is 20.5. The van der Waals surface area contributed by atoms with Gasteiger partial charge in [0.05, 0.1) is 11.4 Å². The van der Waals surface area contributed by atoms with Gasteiger partial charge in [0, 0.05) is 23.8 Å². The van der Waals surface area contributed by atoms with E-state index in [1.165, 1.54) is 4.31 Å². The Morgan fingerprint density at radius 2 is 1.93 bits per heavy atom. The van der Waals surface area contributed by atoms with Gasteiger partial charge >= 0.3 is 6.03 Å². The lowest BCUT2D eigenvalue weighted by Gasteiger charge is -2.30. The lowest BCUT2D eigenvalue weighted by atomic mass is 10.0. The summed E-state index contributed by atoms with van der Waals surface area (Å²) in [6.45, 7) is 2.75. The third kappa shape index (κ3) is 4.97. The fourth-order valence-corrected chi connectivity index (χ4v) is 5.00. The second-order valence-corrected chi connectivity index (χ2v) is 9.22. The van der Waals surface area contributed by atoms with Gasteiger partial charge in [0.15, 0.2) is 0 Å². The molecule has 6 nitrogen and oxygen atoms in total. The maximum atomic E-state index is 12.5. The first-order valence-electron chi connectivity index (χ1n) is 9.31. The summed E-state index contributed by atoms with van der Waals surface area (Å²) in [4.78, 5) is 12.2. The second-order valence-electron chi connectivity index (χ2n) is 6.77. The number of nitrogens with one attached hydrogen (secondary N) is 2. The van der Waals surface area contributed by atoms with Crippen molar-refractivity contribution >= 4 is 39.0 Å². The summed E-state index contributed by atoms with van der Waals surface area (Å²) < 4.78 is 26.5. The average molecular weight is 422 g/mol. The Labute approximate surface area is 170 Å². The van der Waals surface area contributed by atoms with Crippen LogP contribution < -0.4 is 14.9 Å². The molecule has 8 heteroatoms. The maximum Gasteiger partial charge on any atom is 0.319 e. The zero-order valence-corrected chi connectivity index (χ0v) is 17.3. The van der Waals surface area contributed by atoms with Crippen LogP contribution in [0.4, 0.5) is 16.2 Å². The van der Waals surface area contributed by atoms with Crippen molar-refractivity contribution in [3.8, 4) is 0 Å². The largest absolute Gasteiger partial charge is 0.334 e. The first-order valence-corrected chi connectivity index (χ1v) is 11.3. The molecule has 0 atom stereocenters. The molecule has 0 fully saturated rings. The van der Waals surface area contributed by atoms with Crippen molar-refractivity contribution in [3.05, 3.63) is 58.6 Å². The van der Waals surface area contributed by atoms with Gasteiger partial charge in [-0.1, -0.05) is 30.7 Å². The van der Waals surface area contributed by atoms with Crippen LogP contribution in [0.5, 0.6) is 0 Å². The van der Waals surface area contributed by atoms with E-state index in [-0.39, 0.29) is 11.8 Å². The normalized spacial score (nSPS) is 13.7. The van der Waals surface area contributed by atoms with Crippen LogP contribution in [0.3, 0.4) is 0 Å². The number of rotatable bonds is 6. The molecule has 28 heavy (non-hydrogen) atoms. The van der Waals surface area contributed by atoms with Gasteiger partial charge in [-0.05, 0) is 60.7 Å². The molecule has 0 spiro atoms. The molecule has 1 aliphatic heterocycles. The third-order valence-corrected chi connectivity index (χ3v) is 6.80. The Kier molecular flexibility index (Phi) is 6.46. The predicted octanol–water partition coefficient (Wildman–Crippen LogP) is 4.15. The SMILES string of the molecule is CCCS(=O)(=O)N1CCCc2cc(NC(=O)NCc3ccc(Cl)cc3)ccc21. The van der Waals surface area contributed by atoms with Crippen molar-refractivity contribution in [2.45, 2.75) is 32.7 Å². The fraction of sp³-hybridized carbons (Fsp3) is 0.350. The Morgan fingerprint density at radius 3 is 2.64 bits per heavy atom. The highest BCUT2D eigenvalue weighted by Gasteiger charge is 2.26. The van der Waals surface area contributed by atoms with Gasteiger partial charge in [0.2, 0.25) is 10.0 Å². The molecule has 0 aromatic heterocycles. The Bertz CT molecular complexity index is 946. The molecule has 2 N–H and O–H groups in total. The van der Waals surface area contributed by atoms with Gasteiger partial charge < -0.3 is 10.6 Å². The van der Waals surface area contributed by atoms with Gasteiger partial charge in [-0.3, -0.25) is 4.31 Å². The number of hydrogen-bond donors (Lipinski definition) is 2. The lowest BCUT2D eigenvalue weighted by molar-refractivity contribution is 0.251. The lowest BCUT2D eigenvalue weighted by Crippen LogP contribution is -2.37. The number of carbonyl (C=O) groups is 1. The monoisotopic (exact) mass is 421 g/mol. The zero-order valence-electron chi connectivity index (χ0n) is 15.7. The maximum absolute atomic E-state index is 12.5. The van der Waals surface area contributed by atoms with Crippen LogP contribution in [0.1, 0.15) is 30.9 Å². The van der Waals surface area contributed by atoms with Crippen LogP contribution in [0.15, 0.2) is 42.5 Å². The molecule has 0 saturated carbocycles. The summed E-state index contributed by atoms with van der Waals surface area (Å²) in [5.41, 5.74) is 3.23. The van der Waals surface area contributed by atoms with Gasteiger partial charge in [-0.25, -0.2) is 13.2 Å². The van der Waals surface area contributed by atoms with Crippen molar-refractivity contribution in [2.24, 2.45) is 0 Å². The zero-order chi connectivity index (χ0) is 20.1. The van der Waals surface area contributed by atoms with E-state index in [0.29, 0.717) is 35.9 Å². The van der Waals surface area contributed by atoms with E-state index in [2.05, 4.69) is 10.6 Å². The highest BCUT2D eigenvalue weighted by molar-refractivity contribution is 7.92. The number of fused-ring (bicyclic) bond motifs is 1. The van der Waals surface area contributed by atoms with Crippen molar-refractivity contribution in [1.29, 1.82) is 0 Å². The van der Waals surface area contributed by atoms with E-state index in [4.69, 9.17) is 11.6 Å². The molecule has 3 rings (SSSR count). The van der Waals surface area contributed by atoms with E-state index in [1.807, 2.05) is 25.1 Å². The summed E-state index contributed by atoms with van der Waals surface area (Å²) in [7, 11) is -3.30. The topological polar surface area (TPSA) is 78.5 Å². The van der Waals surface area contributed by atoms with Crippen LogP contribution in [0.25, 0.3) is 0 Å². The number of sulfonamides is 1. The van der Waals surface area contributed by atoms with Crippen LogP contribution in [0.2, 0.25) is 5.02 Å².